The van der Waals surface area contributed by atoms with Gasteiger partial charge < -0.3 is 9.80 Å². The summed E-state index contributed by atoms with van der Waals surface area (Å²) in [5.41, 5.74) is 25.1. The number of hydrogen-bond donors (Lipinski definition) is 0. The van der Waals surface area contributed by atoms with E-state index in [0.717, 1.165) is 0 Å². The SMILES string of the molecule is CC(C)(C)c1ccc(N2c3cc4c(cc3B3c5c(cc(-c6ccc7c(c6)C(C)(C)CCC7(C)C)cc52)N(C2=CC5C(C=C2)C(C)(C)CCC5(C)C)c2sc5cc6c(cc5c23)C(C)(C)CCC6(C)C)C(C)(C)CCC4(C)C)cc1. The molecule has 3 heterocycles. The van der Waals surface area contributed by atoms with Gasteiger partial charge in [-0.15, -0.1) is 11.3 Å². The minimum absolute atomic E-state index is 0.0299. The standard InChI is InChI=1S/C74H91BN2S/c1-66(2,3)46-21-23-47(24-22-46)76-59-42-56-55(72(14,15)33-34-73(56,16)17)41-58(59)75-63-49-40-54-57(74(18,19)35-32-71(54,12)13)43-62(49)78-65(63)77(48-25-27-51-53(39-48)70(10,11)31-29-68(51,6)7)61-38-45(37-60(76)64(61)75)44-20-26-50-52(36-44)69(8,9)30-28-67(50,4)5/h20-27,36-43,51,53H,28-35H2,1-19H3. The van der Waals surface area contributed by atoms with Gasteiger partial charge in [0.25, 0.3) is 6.71 Å². The van der Waals surface area contributed by atoms with Crippen LogP contribution in [0, 0.1) is 22.7 Å². The number of rotatable bonds is 3. The summed E-state index contributed by atoms with van der Waals surface area (Å²) >= 11 is 2.08. The van der Waals surface area contributed by atoms with Gasteiger partial charge in [0, 0.05) is 33.1 Å². The monoisotopic (exact) mass is 1050 g/mol. The van der Waals surface area contributed by atoms with Crippen LogP contribution in [0.4, 0.5) is 27.8 Å². The summed E-state index contributed by atoms with van der Waals surface area (Å²) in [6.45, 7) is 47.3. The van der Waals surface area contributed by atoms with E-state index in [1.165, 1.54) is 150 Å². The summed E-state index contributed by atoms with van der Waals surface area (Å²) in [5, 5.41) is 2.86. The molecule has 1 saturated carbocycles. The molecule has 6 aromatic rings. The number of anilines is 5. The highest BCUT2D eigenvalue weighted by atomic mass is 32.1. The summed E-state index contributed by atoms with van der Waals surface area (Å²) in [7, 11) is 0. The van der Waals surface area contributed by atoms with Gasteiger partial charge in [-0.25, -0.2) is 0 Å². The Balaban J connectivity index is 1.18. The van der Waals surface area contributed by atoms with E-state index < -0.39 is 0 Å². The first-order chi connectivity index (χ1) is 36.2. The first kappa shape index (κ1) is 52.6. The summed E-state index contributed by atoms with van der Waals surface area (Å²) < 4.78 is 1.43. The van der Waals surface area contributed by atoms with Crippen LogP contribution < -0.4 is 26.2 Å². The van der Waals surface area contributed by atoms with Crippen molar-refractivity contribution in [3.8, 4) is 11.1 Å². The van der Waals surface area contributed by atoms with Gasteiger partial charge in [0.05, 0.1) is 5.00 Å². The van der Waals surface area contributed by atoms with Crippen LogP contribution in [0.3, 0.4) is 0 Å². The molecule has 4 heteroatoms. The molecule has 0 spiro atoms. The van der Waals surface area contributed by atoms with E-state index in [9.17, 15) is 0 Å². The molecule has 0 N–H and O–H groups in total. The fraction of sp³-hybridized carbons (Fsp3) is 0.514. The Kier molecular flexibility index (Phi) is 11.1. The molecule has 7 aliphatic rings. The van der Waals surface area contributed by atoms with Gasteiger partial charge in [0.2, 0.25) is 0 Å². The van der Waals surface area contributed by atoms with Crippen molar-refractivity contribution in [2.75, 3.05) is 9.80 Å². The molecule has 13 rings (SSSR count). The zero-order valence-corrected chi connectivity index (χ0v) is 52.2. The van der Waals surface area contributed by atoms with Crippen LogP contribution in [0.2, 0.25) is 0 Å². The molecule has 1 aromatic heterocycles. The average Bonchev–Trinajstić information content (AvgIpc) is 2.96. The molecule has 2 unspecified atom stereocenters. The molecule has 0 bridgehead atoms. The fourth-order valence-corrected chi connectivity index (χ4v) is 17.8. The molecular weight excluding hydrogens is 960 g/mol. The topological polar surface area (TPSA) is 6.48 Å². The van der Waals surface area contributed by atoms with Gasteiger partial charge in [0.1, 0.15) is 0 Å². The Bertz CT molecular complexity index is 3590. The second kappa shape index (κ2) is 16.4. The smallest absolute Gasteiger partial charge is 0.254 e. The fourth-order valence-electron chi connectivity index (χ4n) is 16.5. The van der Waals surface area contributed by atoms with Gasteiger partial charge in [-0.2, -0.15) is 0 Å². The van der Waals surface area contributed by atoms with Gasteiger partial charge in [-0.3, -0.25) is 0 Å². The lowest BCUT2D eigenvalue weighted by atomic mass is 9.33. The third kappa shape index (κ3) is 7.72. The summed E-state index contributed by atoms with van der Waals surface area (Å²) in [6.07, 6.45) is 17.6. The summed E-state index contributed by atoms with van der Waals surface area (Å²) in [4.78, 5) is 5.56. The van der Waals surface area contributed by atoms with Crippen LogP contribution >= 0.6 is 11.3 Å². The van der Waals surface area contributed by atoms with Crippen LogP contribution in [0.5, 0.6) is 0 Å². The largest absolute Gasteiger partial charge is 0.311 e. The lowest BCUT2D eigenvalue weighted by Crippen LogP contribution is -2.62. The van der Waals surface area contributed by atoms with Crippen molar-refractivity contribution in [1.82, 2.24) is 0 Å². The minimum Gasteiger partial charge on any atom is -0.311 e. The molecule has 2 aliphatic heterocycles. The Labute approximate surface area is 475 Å². The highest BCUT2D eigenvalue weighted by Crippen LogP contribution is 2.59. The van der Waals surface area contributed by atoms with Crippen molar-refractivity contribution >= 4 is 72.3 Å². The molecule has 5 aromatic carbocycles. The van der Waals surface area contributed by atoms with Gasteiger partial charge >= 0.3 is 0 Å². The maximum absolute atomic E-state index is 2.82. The first-order valence-corrected chi connectivity index (χ1v) is 31.3. The van der Waals surface area contributed by atoms with Crippen LogP contribution in [0.25, 0.3) is 21.2 Å². The Morgan fingerprint density at radius 3 is 1.54 bits per heavy atom. The third-order valence-electron chi connectivity index (χ3n) is 22.5. The molecule has 1 fully saturated rings. The molecule has 0 saturated heterocycles. The summed E-state index contributed by atoms with van der Waals surface area (Å²) in [5.74, 6) is 0.910. The minimum atomic E-state index is 0.0299. The molecular formula is C74H91BN2S. The van der Waals surface area contributed by atoms with E-state index in [4.69, 9.17) is 0 Å². The van der Waals surface area contributed by atoms with Crippen molar-refractivity contribution in [1.29, 1.82) is 0 Å². The van der Waals surface area contributed by atoms with Crippen LogP contribution in [0.1, 0.15) is 222 Å². The maximum Gasteiger partial charge on any atom is 0.254 e. The molecule has 5 aliphatic carbocycles. The maximum atomic E-state index is 2.82. The zero-order chi connectivity index (χ0) is 55.6. The number of fused-ring (bicyclic) bond motifs is 10. The van der Waals surface area contributed by atoms with E-state index in [-0.39, 0.29) is 55.4 Å². The predicted molar refractivity (Wildman–Crippen MR) is 341 cm³/mol. The molecule has 2 nitrogen and oxygen atoms in total. The van der Waals surface area contributed by atoms with Crippen molar-refractivity contribution in [3.05, 3.63) is 142 Å². The molecule has 0 radical (unpaired) electrons. The summed E-state index contributed by atoms with van der Waals surface area (Å²) in [6, 6.07) is 33.5. The number of hydrogen-bond acceptors (Lipinski definition) is 3. The third-order valence-corrected chi connectivity index (χ3v) is 23.7. The Hall–Kier alpha value is -4.80. The molecule has 0 amide bonds. The van der Waals surface area contributed by atoms with Crippen molar-refractivity contribution in [3.63, 3.8) is 0 Å². The van der Waals surface area contributed by atoms with Gasteiger partial charge in [-0.05, 0) is 232 Å². The second-order valence-electron chi connectivity index (χ2n) is 32.5. The van der Waals surface area contributed by atoms with E-state index in [2.05, 4.69) is 250 Å². The van der Waals surface area contributed by atoms with Crippen molar-refractivity contribution in [2.45, 2.75) is 221 Å². The van der Waals surface area contributed by atoms with E-state index in [0.29, 0.717) is 11.8 Å². The van der Waals surface area contributed by atoms with Crippen molar-refractivity contribution in [2.24, 2.45) is 22.7 Å². The van der Waals surface area contributed by atoms with Gasteiger partial charge in [-0.1, -0.05) is 180 Å². The molecule has 2 atom stereocenters. The number of allylic oxidation sites excluding steroid dienone is 3. The highest BCUT2D eigenvalue weighted by molar-refractivity contribution is 7.26. The number of nitrogens with zero attached hydrogens (tertiary/aromatic N) is 2. The van der Waals surface area contributed by atoms with Crippen LogP contribution in [-0.4, -0.2) is 6.71 Å². The van der Waals surface area contributed by atoms with E-state index in [1.54, 1.807) is 11.1 Å². The molecule has 406 valence electrons. The Morgan fingerprint density at radius 1 is 0.462 bits per heavy atom. The van der Waals surface area contributed by atoms with Gasteiger partial charge in [0.15, 0.2) is 0 Å². The quantitative estimate of drug-likeness (QED) is 0.163. The average molecular weight is 1050 g/mol. The predicted octanol–water partition coefficient (Wildman–Crippen LogP) is 19.2. The Morgan fingerprint density at radius 2 is 0.962 bits per heavy atom. The van der Waals surface area contributed by atoms with Crippen LogP contribution in [0.15, 0.2) is 103 Å². The second-order valence-corrected chi connectivity index (χ2v) is 33.6. The lowest BCUT2D eigenvalue weighted by molar-refractivity contribution is 0.0327. The number of thiophene rings is 1. The molecule has 78 heavy (non-hydrogen) atoms. The van der Waals surface area contributed by atoms with Crippen molar-refractivity contribution < 1.29 is 0 Å². The van der Waals surface area contributed by atoms with E-state index in [1.807, 2.05) is 0 Å². The van der Waals surface area contributed by atoms with E-state index >= 15 is 0 Å². The lowest BCUT2D eigenvalue weighted by Gasteiger charge is -2.52. The first-order valence-electron chi connectivity index (χ1n) is 30.5. The highest BCUT2D eigenvalue weighted by Gasteiger charge is 2.52. The normalized spacial score (nSPS) is 24.7. The van der Waals surface area contributed by atoms with Crippen LogP contribution in [-0.2, 0) is 37.9 Å². The number of benzene rings is 5. The zero-order valence-electron chi connectivity index (χ0n) is 51.4.